The van der Waals surface area contributed by atoms with Crippen molar-refractivity contribution >= 4 is 16.8 Å². The zero-order valence-electron chi connectivity index (χ0n) is 17.7. The molecule has 31 heavy (non-hydrogen) atoms. The molecule has 0 spiro atoms. The molecular weight excluding hydrogens is 392 g/mol. The van der Waals surface area contributed by atoms with E-state index >= 15 is 0 Å². The van der Waals surface area contributed by atoms with Crippen LogP contribution >= 0.6 is 0 Å². The number of carbonyl (C=O) groups excluding carboxylic acids is 1. The Morgan fingerprint density at radius 1 is 1.23 bits per heavy atom. The fourth-order valence-electron chi connectivity index (χ4n) is 4.93. The number of carbonyl (C=O) groups is 1. The molecule has 1 aliphatic carbocycles. The lowest BCUT2D eigenvalue weighted by Crippen LogP contribution is -2.37. The molecule has 5 rings (SSSR count). The van der Waals surface area contributed by atoms with Gasteiger partial charge in [-0.15, -0.1) is 0 Å². The molecule has 1 aliphatic heterocycles. The van der Waals surface area contributed by atoms with E-state index in [1.807, 2.05) is 42.1 Å². The van der Waals surface area contributed by atoms with Gasteiger partial charge in [-0.2, -0.15) is 10.4 Å². The molecule has 0 bridgehead atoms. The number of aryl methyl sites for hydroxylation is 1. The van der Waals surface area contributed by atoms with Crippen LogP contribution in [0.1, 0.15) is 55.0 Å². The summed E-state index contributed by atoms with van der Waals surface area (Å²) in [6.07, 6.45) is 8.09. The fraction of sp³-hybridized carbons (Fsp3) is 0.458. The average molecular weight is 418 g/mol. The molecule has 1 atom stereocenters. The van der Waals surface area contributed by atoms with Crippen LogP contribution in [0.2, 0.25) is 0 Å². The third kappa shape index (κ3) is 3.84. The van der Waals surface area contributed by atoms with Crippen molar-refractivity contribution < 1.29 is 14.0 Å². The molecule has 1 saturated carbocycles. The van der Waals surface area contributed by atoms with E-state index in [0.29, 0.717) is 18.1 Å². The second-order valence-electron chi connectivity index (χ2n) is 8.72. The molecule has 3 heterocycles. The molecule has 2 aromatic heterocycles. The molecule has 0 N–H and O–H groups in total. The topological polar surface area (TPSA) is 84.3 Å². The second-order valence-corrected chi connectivity index (χ2v) is 8.72. The van der Waals surface area contributed by atoms with Crippen molar-refractivity contribution in [3.63, 3.8) is 0 Å². The molecule has 7 heteroatoms. The van der Waals surface area contributed by atoms with Crippen molar-refractivity contribution in [1.82, 2.24) is 14.8 Å². The van der Waals surface area contributed by atoms with Gasteiger partial charge >= 0.3 is 0 Å². The molecule has 0 radical (unpaired) electrons. The minimum absolute atomic E-state index is 0.00408. The van der Waals surface area contributed by atoms with E-state index in [1.54, 1.807) is 11.3 Å². The number of hydrogen-bond donors (Lipinski definition) is 0. The van der Waals surface area contributed by atoms with Gasteiger partial charge in [-0.3, -0.25) is 14.3 Å². The van der Waals surface area contributed by atoms with Crippen LogP contribution in [-0.4, -0.2) is 27.4 Å². The summed E-state index contributed by atoms with van der Waals surface area (Å²) in [5.41, 5.74) is 2.66. The summed E-state index contributed by atoms with van der Waals surface area (Å²) in [6.45, 7) is 3.29. The standard InChI is InChI=1S/C24H26N4O3/c1-16-10-21(15-30-16)22-8-9-31-28(22)24(29)19-5-2-17(3-6-19)14-27-23-11-18(12-25)4-7-20(23)13-26-27/h4,7,10-11,13,15,17,19,22H,2-3,5-6,8-9,14H2,1H3/t17?,19?,22-/m0/s1. The minimum Gasteiger partial charge on any atom is -0.469 e. The Balaban J connectivity index is 1.21. The van der Waals surface area contributed by atoms with E-state index in [4.69, 9.17) is 9.25 Å². The monoisotopic (exact) mass is 418 g/mol. The van der Waals surface area contributed by atoms with Crippen LogP contribution in [0.5, 0.6) is 0 Å². The van der Waals surface area contributed by atoms with Crippen LogP contribution in [0.3, 0.4) is 0 Å². The summed E-state index contributed by atoms with van der Waals surface area (Å²) >= 11 is 0. The van der Waals surface area contributed by atoms with Crippen LogP contribution in [0, 0.1) is 30.1 Å². The SMILES string of the molecule is Cc1cc([C@@H]2CCON2C(=O)C2CCC(Cn3ncc4ccc(C#N)cc43)CC2)co1. The van der Waals surface area contributed by atoms with Gasteiger partial charge in [-0.1, -0.05) is 0 Å². The molecular formula is C24H26N4O3. The highest BCUT2D eigenvalue weighted by molar-refractivity contribution is 5.80. The highest BCUT2D eigenvalue weighted by Crippen LogP contribution is 2.37. The third-order valence-corrected chi connectivity index (χ3v) is 6.66. The Labute approximate surface area is 181 Å². The van der Waals surface area contributed by atoms with Crippen molar-refractivity contribution in [3.8, 4) is 6.07 Å². The molecule has 160 valence electrons. The number of furan rings is 1. The summed E-state index contributed by atoms with van der Waals surface area (Å²) in [6, 6.07) is 9.81. The number of benzene rings is 1. The highest BCUT2D eigenvalue weighted by Gasteiger charge is 2.37. The predicted octanol–water partition coefficient (Wildman–Crippen LogP) is 4.52. The maximum absolute atomic E-state index is 13.2. The third-order valence-electron chi connectivity index (χ3n) is 6.66. The molecule has 1 amide bonds. The smallest absolute Gasteiger partial charge is 0.249 e. The van der Waals surface area contributed by atoms with Gasteiger partial charge in [0.25, 0.3) is 0 Å². The number of aromatic nitrogens is 2. The van der Waals surface area contributed by atoms with Crippen LogP contribution < -0.4 is 0 Å². The molecule has 7 nitrogen and oxygen atoms in total. The van der Waals surface area contributed by atoms with Crippen molar-refractivity contribution in [3.05, 3.63) is 53.6 Å². The number of hydrogen-bond acceptors (Lipinski definition) is 5. The van der Waals surface area contributed by atoms with Gasteiger partial charge in [0, 0.05) is 29.8 Å². The van der Waals surface area contributed by atoms with E-state index < -0.39 is 0 Å². The molecule has 1 saturated heterocycles. The Morgan fingerprint density at radius 2 is 2.06 bits per heavy atom. The first-order chi connectivity index (χ1) is 15.1. The first kappa shape index (κ1) is 19.8. The van der Waals surface area contributed by atoms with E-state index in [-0.39, 0.29) is 17.9 Å². The summed E-state index contributed by atoms with van der Waals surface area (Å²) in [4.78, 5) is 18.9. The molecule has 0 unspecified atom stereocenters. The number of nitrogens with zero attached hydrogens (tertiary/aromatic N) is 4. The van der Waals surface area contributed by atoms with Crippen LogP contribution in [-0.2, 0) is 16.2 Å². The van der Waals surface area contributed by atoms with Gasteiger partial charge in [0.15, 0.2) is 0 Å². The van der Waals surface area contributed by atoms with E-state index in [9.17, 15) is 10.1 Å². The lowest BCUT2D eigenvalue weighted by atomic mass is 9.81. The van der Waals surface area contributed by atoms with Crippen LogP contribution in [0.4, 0.5) is 0 Å². The molecule has 2 fully saturated rings. The van der Waals surface area contributed by atoms with Crippen molar-refractivity contribution in [1.29, 1.82) is 5.26 Å². The quantitative estimate of drug-likeness (QED) is 0.622. The Kier molecular flexibility index (Phi) is 5.24. The van der Waals surface area contributed by atoms with Gasteiger partial charge in [0.05, 0.1) is 42.3 Å². The van der Waals surface area contributed by atoms with Gasteiger partial charge in [0.2, 0.25) is 5.91 Å². The zero-order chi connectivity index (χ0) is 21.4. The molecule has 2 aliphatic rings. The highest BCUT2D eigenvalue weighted by atomic mass is 16.7. The van der Waals surface area contributed by atoms with Crippen LogP contribution in [0.25, 0.3) is 10.9 Å². The minimum atomic E-state index is -0.0487. The van der Waals surface area contributed by atoms with Gasteiger partial charge in [-0.05, 0) is 62.8 Å². The Bertz CT molecular complexity index is 1130. The first-order valence-corrected chi connectivity index (χ1v) is 11.0. The molecule has 1 aromatic carbocycles. The fourth-order valence-corrected chi connectivity index (χ4v) is 4.93. The second kappa shape index (κ2) is 8.20. The maximum atomic E-state index is 13.2. The number of nitriles is 1. The lowest BCUT2D eigenvalue weighted by molar-refractivity contribution is -0.183. The van der Waals surface area contributed by atoms with Crippen LogP contribution in [0.15, 0.2) is 41.1 Å². The normalized spacial score (nSPS) is 23.9. The van der Waals surface area contributed by atoms with Crippen molar-refractivity contribution in [2.75, 3.05) is 6.61 Å². The largest absolute Gasteiger partial charge is 0.469 e. The zero-order valence-corrected chi connectivity index (χ0v) is 17.7. The van der Waals surface area contributed by atoms with Crippen molar-refractivity contribution in [2.24, 2.45) is 11.8 Å². The number of fused-ring (bicyclic) bond motifs is 1. The maximum Gasteiger partial charge on any atom is 0.249 e. The van der Waals surface area contributed by atoms with Crippen molar-refractivity contribution in [2.45, 2.75) is 51.6 Å². The van der Waals surface area contributed by atoms with Gasteiger partial charge in [-0.25, -0.2) is 5.06 Å². The van der Waals surface area contributed by atoms with E-state index in [2.05, 4.69) is 11.2 Å². The van der Waals surface area contributed by atoms with Gasteiger partial charge in [0.1, 0.15) is 5.76 Å². The Hall–Kier alpha value is -3.11. The summed E-state index contributed by atoms with van der Waals surface area (Å²) < 4.78 is 7.44. The number of hydroxylamine groups is 2. The van der Waals surface area contributed by atoms with E-state index in [1.165, 1.54) is 0 Å². The Morgan fingerprint density at radius 3 is 2.81 bits per heavy atom. The number of rotatable bonds is 4. The summed E-state index contributed by atoms with van der Waals surface area (Å²) in [5, 5.41) is 16.4. The van der Waals surface area contributed by atoms with Gasteiger partial charge < -0.3 is 4.42 Å². The predicted molar refractivity (Wildman–Crippen MR) is 113 cm³/mol. The summed E-state index contributed by atoms with van der Waals surface area (Å²) in [7, 11) is 0. The lowest BCUT2D eigenvalue weighted by Gasteiger charge is -2.31. The van der Waals surface area contributed by atoms with E-state index in [0.717, 1.165) is 60.9 Å². The first-order valence-electron chi connectivity index (χ1n) is 11.0. The average Bonchev–Trinajstić information content (AvgIpc) is 3.53. The molecule has 3 aromatic rings. The summed E-state index contributed by atoms with van der Waals surface area (Å²) in [5.74, 6) is 1.43. The number of amides is 1.